The second-order valence-corrected chi connectivity index (χ2v) is 13.0. The van der Waals surface area contributed by atoms with Gasteiger partial charge in [-0.05, 0) is 71.4 Å². The molecule has 0 unspecified atom stereocenters. The molecule has 0 N–H and O–H groups in total. The molecule has 50 heavy (non-hydrogen) atoms. The molecule has 2 nitrogen and oxygen atoms in total. The normalized spacial score (nSPS) is 11.6. The smallest absolute Gasteiger partial charge is 0.160 e. The number of aromatic nitrogens is 2. The van der Waals surface area contributed by atoms with Gasteiger partial charge in [0, 0.05) is 16.7 Å². The molecule has 0 aliphatic heterocycles. The van der Waals surface area contributed by atoms with Gasteiger partial charge >= 0.3 is 0 Å². The zero-order valence-corrected chi connectivity index (χ0v) is 27.2. The summed E-state index contributed by atoms with van der Waals surface area (Å²) in [6, 6.07) is 65.1. The van der Waals surface area contributed by atoms with Gasteiger partial charge in [-0.15, -0.1) is 0 Å². The summed E-state index contributed by atoms with van der Waals surface area (Å²) in [5.74, 6) is 0.713. The first kappa shape index (κ1) is 28.4. The van der Waals surface area contributed by atoms with Gasteiger partial charge in [0.25, 0.3) is 0 Å². The maximum absolute atomic E-state index is 5.14. The fourth-order valence-corrected chi connectivity index (χ4v) is 7.56. The Kier molecular flexibility index (Phi) is 6.53. The lowest BCUT2D eigenvalue weighted by Gasteiger charge is -2.14. The molecule has 0 amide bonds. The van der Waals surface area contributed by atoms with Gasteiger partial charge < -0.3 is 0 Å². The summed E-state index contributed by atoms with van der Waals surface area (Å²) in [6.07, 6.45) is 0. The fraction of sp³-hybridized carbons (Fsp3) is 0. The maximum atomic E-state index is 5.14. The van der Waals surface area contributed by atoms with Crippen LogP contribution < -0.4 is 0 Å². The van der Waals surface area contributed by atoms with Crippen LogP contribution in [-0.2, 0) is 0 Å². The lowest BCUT2D eigenvalue weighted by Crippen LogP contribution is -1.96. The van der Waals surface area contributed by atoms with E-state index in [0.717, 1.165) is 33.6 Å². The summed E-state index contributed by atoms with van der Waals surface area (Å²) in [6.45, 7) is 0. The predicted octanol–water partition coefficient (Wildman–Crippen LogP) is 12.9. The average molecular weight is 635 g/mol. The molecule has 9 aromatic carbocycles. The highest BCUT2D eigenvalue weighted by Crippen LogP contribution is 2.40. The van der Waals surface area contributed by atoms with E-state index in [1.165, 1.54) is 59.8 Å². The van der Waals surface area contributed by atoms with Crippen LogP contribution >= 0.6 is 0 Å². The third kappa shape index (κ3) is 4.73. The number of fused-ring (bicyclic) bond motifs is 1. The Morgan fingerprint density at radius 1 is 0.280 bits per heavy atom. The quantitative estimate of drug-likeness (QED) is 0.176. The Hall–Kier alpha value is -6.64. The second-order valence-electron chi connectivity index (χ2n) is 13.0. The van der Waals surface area contributed by atoms with Crippen LogP contribution in [0.5, 0.6) is 0 Å². The van der Waals surface area contributed by atoms with Gasteiger partial charge in [-0.25, -0.2) is 9.97 Å². The van der Waals surface area contributed by atoms with Gasteiger partial charge in [0.15, 0.2) is 5.82 Å². The van der Waals surface area contributed by atoms with E-state index in [2.05, 4.69) is 176 Å². The van der Waals surface area contributed by atoms with Crippen molar-refractivity contribution < 1.29 is 0 Å². The monoisotopic (exact) mass is 634 g/mol. The fourth-order valence-electron chi connectivity index (χ4n) is 7.56. The Labute approximate surface area is 290 Å². The molecule has 2 heteroatoms. The molecule has 0 radical (unpaired) electrons. The van der Waals surface area contributed by atoms with Gasteiger partial charge in [-0.2, -0.15) is 0 Å². The van der Waals surface area contributed by atoms with E-state index in [4.69, 9.17) is 9.97 Å². The van der Waals surface area contributed by atoms with Crippen molar-refractivity contribution in [3.8, 4) is 56.2 Å². The van der Waals surface area contributed by atoms with E-state index in [-0.39, 0.29) is 0 Å². The lowest BCUT2D eigenvalue weighted by atomic mass is 9.89. The summed E-state index contributed by atoms with van der Waals surface area (Å²) in [4.78, 5) is 10.2. The summed E-state index contributed by atoms with van der Waals surface area (Å²) in [7, 11) is 0. The molecule has 1 heterocycles. The molecule has 0 saturated heterocycles. The van der Waals surface area contributed by atoms with Crippen LogP contribution in [-0.4, -0.2) is 9.97 Å². The molecular weight excluding hydrogens is 605 g/mol. The molecule has 0 fully saturated rings. The number of hydrogen-bond acceptors (Lipinski definition) is 2. The highest BCUT2D eigenvalue weighted by Gasteiger charge is 2.14. The topological polar surface area (TPSA) is 25.8 Å². The molecule has 0 aliphatic rings. The minimum Gasteiger partial charge on any atom is -0.228 e. The van der Waals surface area contributed by atoms with Crippen molar-refractivity contribution in [2.24, 2.45) is 0 Å². The van der Waals surface area contributed by atoms with Gasteiger partial charge in [-0.1, -0.05) is 176 Å². The van der Waals surface area contributed by atoms with E-state index in [9.17, 15) is 0 Å². The van der Waals surface area contributed by atoms with Crippen molar-refractivity contribution >= 4 is 43.1 Å². The van der Waals surface area contributed by atoms with E-state index < -0.39 is 0 Å². The van der Waals surface area contributed by atoms with Crippen LogP contribution in [0.25, 0.3) is 99.2 Å². The molecule has 0 saturated carbocycles. The summed E-state index contributed by atoms with van der Waals surface area (Å²) in [5.41, 5.74) is 9.78. The van der Waals surface area contributed by atoms with Crippen molar-refractivity contribution in [1.29, 1.82) is 0 Å². The molecule has 232 valence electrons. The molecule has 1 aromatic heterocycles. The van der Waals surface area contributed by atoms with Crippen LogP contribution in [0, 0.1) is 0 Å². The third-order valence-corrected chi connectivity index (χ3v) is 10.1. The first-order chi connectivity index (χ1) is 24.8. The van der Waals surface area contributed by atoms with Crippen LogP contribution in [0.15, 0.2) is 182 Å². The second kappa shape index (κ2) is 11.5. The van der Waals surface area contributed by atoms with Crippen molar-refractivity contribution in [1.82, 2.24) is 9.97 Å². The Bertz CT molecular complexity index is 2810. The Morgan fingerprint density at radius 2 is 0.840 bits per heavy atom. The first-order valence-corrected chi connectivity index (χ1v) is 17.1. The van der Waals surface area contributed by atoms with Crippen LogP contribution in [0.1, 0.15) is 0 Å². The minimum atomic E-state index is 0.713. The van der Waals surface area contributed by atoms with E-state index in [0.29, 0.717) is 5.82 Å². The molecule has 0 bridgehead atoms. The molecule has 0 aliphatic carbocycles. The largest absolute Gasteiger partial charge is 0.228 e. The zero-order valence-electron chi connectivity index (χ0n) is 27.2. The van der Waals surface area contributed by atoms with Crippen molar-refractivity contribution in [2.75, 3.05) is 0 Å². The molecule has 10 aromatic rings. The predicted molar refractivity (Wildman–Crippen MR) is 210 cm³/mol. The lowest BCUT2D eigenvalue weighted by molar-refractivity contribution is 1.18. The van der Waals surface area contributed by atoms with Gasteiger partial charge in [0.1, 0.15) is 0 Å². The summed E-state index contributed by atoms with van der Waals surface area (Å²) >= 11 is 0. The van der Waals surface area contributed by atoms with E-state index in [1.54, 1.807) is 0 Å². The van der Waals surface area contributed by atoms with Crippen molar-refractivity contribution in [3.05, 3.63) is 182 Å². The van der Waals surface area contributed by atoms with E-state index >= 15 is 0 Å². The number of rotatable bonds is 5. The third-order valence-electron chi connectivity index (χ3n) is 10.1. The van der Waals surface area contributed by atoms with Crippen LogP contribution in [0.2, 0.25) is 0 Å². The number of hydrogen-bond donors (Lipinski definition) is 0. The molecular formula is C48H30N2. The summed E-state index contributed by atoms with van der Waals surface area (Å²) in [5, 5.41) is 10.2. The van der Waals surface area contributed by atoms with Crippen LogP contribution in [0.4, 0.5) is 0 Å². The van der Waals surface area contributed by atoms with Gasteiger partial charge in [0.2, 0.25) is 0 Å². The summed E-state index contributed by atoms with van der Waals surface area (Å²) < 4.78 is 0. The Morgan fingerprint density at radius 3 is 1.62 bits per heavy atom. The number of benzene rings is 9. The maximum Gasteiger partial charge on any atom is 0.160 e. The van der Waals surface area contributed by atoms with E-state index in [1.807, 2.05) is 6.07 Å². The molecule has 0 atom stereocenters. The van der Waals surface area contributed by atoms with Crippen LogP contribution in [0.3, 0.4) is 0 Å². The van der Waals surface area contributed by atoms with Crippen molar-refractivity contribution in [2.45, 2.75) is 0 Å². The highest BCUT2D eigenvalue weighted by atomic mass is 14.9. The molecule has 0 spiro atoms. The zero-order chi connectivity index (χ0) is 33.0. The molecule has 10 rings (SSSR count). The van der Waals surface area contributed by atoms with Gasteiger partial charge in [0.05, 0.1) is 11.4 Å². The first-order valence-electron chi connectivity index (χ1n) is 17.1. The highest BCUT2D eigenvalue weighted by molar-refractivity contribution is 6.25. The Balaban J connectivity index is 1.01. The average Bonchev–Trinajstić information content (AvgIpc) is 3.20. The van der Waals surface area contributed by atoms with Crippen molar-refractivity contribution in [3.63, 3.8) is 0 Å². The minimum absolute atomic E-state index is 0.713. The number of nitrogens with zero attached hydrogens (tertiary/aromatic N) is 2. The van der Waals surface area contributed by atoms with Gasteiger partial charge in [-0.3, -0.25) is 0 Å². The SMILES string of the molecule is c1ccc(-c2cc(-c3cccc4ccccc34)nc(-c3ccc(-c4ccc(-c5ccc6ccc7cccc8ccc5c6c78)cc4)cc3)n2)cc1. The standard InChI is InChI=1S/C48H30N2/c1-2-9-35(10-3-1)44-30-45(42-15-7-11-33-8-4-5-14-40(33)42)50-48(49-44)39-24-18-32(19-25-39)31-16-20-34(21-17-31)41-28-26-38-23-22-36-12-6-13-37-27-29-43(41)47(38)46(36)37/h1-30H.